The van der Waals surface area contributed by atoms with Crippen LogP contribution in [-0.2, 0) is 9.53 Å². The maximum Gasteiger partial charge on any atom is 0.326 e. The van der Waals surface area contributed by atoms with Gasteiger partial charge in [-0.2, -0.15) is 5.10 Å². The van der Waals surface area contributed by atoms with Crippen molar-refractivity contribution in [3.05, 3.63) is 47.2 Å². The molecule has 1 aromatic heterocycles. The van der Waals surface area contributed by atoms with Gasteiger partial charge in [0.1, 0.15) is 6.04 Å². The van der Waals surface area contributed by atoms with E-state index < -0.39 is 17.9 Å². The van der Waals surface area contributed by atoms with E-state index in [1.165, 1.54) is 17.1 Å². The van der Waals surface area contributed by atoms with Crippen molar-refractivity contribution in [3.63, 3.8) is 0 Å². The lowest BCUT2D eigenvalue weighted by Gasteiger charge is -2.27. The van der Waals surface area contributed by atoms with Crippen molar-refractivity contribution < 1.29 is 19.4 Å². The molecule has 0 saturated carbocycles. The highest BCUT2D eigenvalue weighted by atomic mass is 35.5. The molecule has 25 heavy (non-hydrogen) atoms. The predicted octanol–water partition coefficient (Wildman–Crippen LogP) is 2.14. The standard InChI is InChI=1S/C17H18ClN3O4/c18-13-4-1-5-14(7-13)21-9-12(8-19-21)16(22)20-15(17(23)24)11-3-2-6-25-10-11/h1,4-5,7-9,11,15H,2-3,6,10H2,(H,20,22)(H,23,24). The summed E-state index contributed by atoms with van der Waals surface area (Å²) < 4.78 is 6.84. The summed E-state index contributed by atoms with van der Waals surface area (Å²) in [6, 6.07) is 6.06. The average Bonchev–Trinajstić information content (AvgIpc) is 3.10. The minimum absolute atomic E-state index is 0.238. The van der Waals surface area contributed by atoms with Crippen LogP contribution in [-0.4, -0.2) is 46.0 Å². The second-order valence-electron chi connectivity index (χ2n) is 5.92. The van der Waals surface area contributed by atoms with Crippen LogP contribution in [0.1, 0.15) is 23.2 Å². The Kier molecular flexibility index (Phi) is 5.35. The molecule has 2 N–H and O–H groups in total. The fraction of sp³-hybridized carbons (Fsp3) is 0.353. The molecule has 0 radical (unpaired) electrons. The number of amides is 1. The Labute approximate surface area is 149 Å². The van der Waals surface area contributed by atoms with Crippen LogP contribution in [0.4, 0.5) is 0 Å². The monoisotopic (exact) mass is 363 g/mol. The molecule has 0 aliphatic carbocycles. The van der Waals surface area contributed by atoms with Gasteiger partial charge in [-0.15, -0.1) is 0 Å². The van der Waals surface area contributed by atoms with E-state index in [4.69, 9.17) is 16.3 Å². The molecule has 2 atom stereocenters. The second-order valence-corrected chi connectivity index (χ2v) is 6.36. The normalized spacial score (nSPS) is 18.5. The van der Waals surface area contributed by atoms with Gasteiger partial charge < -0.3 is 15.2 Å². The molecule has 1 saturated heterocycles. The van der Waals surface area contributed by atoms with Crippen molar-refractivity contribution in [1.82, 2.24) is 15.1 Å². The molecule has 8 heteroatoms. The van der Waals surface area contributed by atoms with Crippen molar-refractivity contribution in [2.24, 2.45) is 5.92 Å². The van der Waals surface area contributed by atoms with Gasteiger partial charge in [0.05, 0.1) is 24.1 Å². The molecule has 1 aromatic carbocycles. The zero-order valence-electron chi connectivity index (χ0n) is 13.4. The number of carboxylic acids is 1. The largest absolute Gasteiger partial charge is 0.480 e. The topological polar surface area (TPSA) is 93.5 Å². The van der Waals surface area contributed by atoms with Crippen LogP contribution >= 0.6 is 11.6 Å². The third-order valence-electron chi connectivity index (χ3n) is 4.14. The molecule has 3 rings (SSSR count). The molecule has 132 valence electrons. The van der Waals surface area contributed by atoms with E-state index in [0.717, 1.165) is 6.42 Å². The van der Waals surface area contributed by atoms with Gasteiger partial charge in [0.2, 0.25) is 0 Å². The number of ether oxygens (including phenoxy) is 1. The molecule has 1 aliphatic heterocycles. The van der Waals surface area contributed by atoms with Crippen molar-refractivity contribution in [2.75, 3.05) is 13.2 Å². The highest BCUT2D eigenvalue weighted by Crippen LogP contribution is 2.19. The Morgan fingerprint density at radius 2 is 2.28 bits per heavy atom. The Morgan fingerprint density at radius 3 is 2.96 bits per heavy atom. The van der Waals surface area contributed by atoms with Crippen molar-refractivity contribution in [3.8, 4) is 5.69 Å². The quantitative estimate of drug-likeness (QED) is 0.848. The number of halogens is 1. The van der Waals surface area contributed by atoms with Gasteiger partial charge >= 0.3 is 5.97 Å². The van der Waals surface area contributed by atoms with Gasteiger partial charge in [0, 0.05) is 23.7 Å². The Balaban J connectivity index is 1.73. The number of carbonyl (C=O) groups excluding carboxylic acids is 1. The first-order valence-electron chi connectivity index (χ1n) is 7.96. The average molecular weight is 364 g/mol. The highest BCUT2D eigenvalue weighted by molar-refractivity contribution is 6.30. The number of rotatable bonds is 5. The zero-order chi connectivity index (χ0) is 17.8. The molecule has 1 aliphatic rings. The fourth-order valence-corrected chi connectivity index (χ4v) is 3.02. The summed E-state index contributed by atoms with van der Waals surface area (Å²) in [7, 11) is 0. The SMILES string of the molecule is O=C(NC(C(=O)O)C1CCCOC1)c1cnn(-c2cccc(Cl)c2)c1. The Morgan fingerprint density at radius 1 is 1.44 bits per heavy atom. The maximum atomic E-state index is 12.4. The molecule has 2 aromatic rings. The first-order chi connectivity index (χ1) is 12.0. The van der Waals surface area contributed by atoms with Crippen LogP contribution in [0.5, 0.6) is 0 Å². The third kappa shape index (κ3) is 4.18. The van der Waals surface area contributed by atoms with E-state index in [-0.39, 0.29) is 11.5 Å². The van der Waals surface area contributed by atoms with Crippen molar-refractivity contribution >= 4 is 23.5 Å². The lowest BCUT2D eigenvalue weighted by Crippen LogP contribution is -2.48. The van der Waals surface area contributed by atoms with E-state index in [1.54, 1.807) is 24.3 Å². The number of hydrogen-bond acceptors (Lipinski definition) is 4. The molecule has 2 unspecified atom stereocenters. The summed E-state index contributed by atoms with van der Waals surface area (Å²) in [5, 5.41) is 16.7. The van der Waals surface area contributed by atoms with E-state index >= 15 is 0 Å². The van der Waals surface area contributed by atoms with Gasteiger partial charge in [-0.05, 0) is 31.0 Å². The van der Waals surface area contributed by atoms with Gasteiger partial charge in [-0.3, -0.25) is 4.79 Å². The molecular formula is C17H18ClN3O4. The minimum Gasteiger partial charge on any atom is -0.480 e. The number of aliphatic carboxylic acids is 1. The number of benzene rings is 1. The van der Waals surface area contributed by atoms with Crippen LogP contribution < -0.4 is 5.32 Å². The third-order valence-corrected chi connectivity index (χ3v) is 4.37. The lowest BCUT2D eigenvalue weighted by molar-refractivity contribution is -0.142. The summed E-state index contributed by atoms with van der Waals surface area (Å²) >= 11 is 5.96. The highest BCUT2D eigenvalue weighted by Gasteiger charge is 2.31. The predicted molar refractivity (Wildman–Crippen MR) is 91.0 cm³/mol. The molecule has 1 amide bonds. The van der Waals surface area contributed by atoms with Gasteiger partial charge in [-0.25, -0.2) is 9.48 Å². The van der Waals surface area contributed by atoms with Gasteiger partial charge in [0.25, 0.3) is 5.91 Å². The summed E-state index contributed by atoms with van der Waals surface area (Å²) in [4.78, 5) is 23.9. The lowest BCUT2D eigenvalue weighted by atomic mass is 9.93. The van der Waals surface area contributed by atoms with Crippen LogP contribution in [0.25, 0.3) is 5.69 Å². The summed E-state index contributed by atoms with van der Waals surface area (Å²) in [6.07, 6.45) is 4.43. The molecule has 1 fully saturated rings. The van der Waals surface area contributed by atoms with Crippen LogP contribution in [0.2, 0.25) is 5.02 Å². The number of nitrogens with zero attached hydrogens (tertiary/aromatic N) is 2. The number of carbonyl (C=O) groups is 2. The molecule has 0 spiro atoms. The van der Waals surface area contributed by atoms with Crippen LogP contribution in [0, 0.1) is 5.92 Å². The number of carboxylic acid groups (broad SMARTS) is 1. The summed E-state index contributed by atoms with van der Waals surface area (Å²) in [5.74, 6) is -1.78. The Hall–Kier alpha value is -2.38. The smallest absolute Gasteiger partial charge is 0.326 e. The molecule has 2 heterocycles. The fourth-order valence-electron chi connectivity index (χ4n) is 2.83. The summed E-state index contributed by atoms with van der Waals surface area (Å²) in [5.41, 5.74) is 0.991. The Bertz CT molecular complexity index is 771. The van der Waals surface area contributed by atoms with Crippen LogP contribution in [0.3, 0.4) is 0 Å². The zero-order valence-corrected chi connectivity index (χ0v) is 14.1. The van der Waals surface area contributed by atoms with E-state index in [0.29, 0.717) is 30.3 Å². The van der Waals surface area contributed by atoms with Crippen LogP contribution in [0.15, 0.2) is 36.7 Å². The first kappa shape index (κ1) is 17.4. The first-order valence-corrected chi connectivity index (χ1v) is 8.34. The van der Waals surface area contributed by atoms with E-state index in [2.05, 4.69) is 10.4 Å². The number of aromatic nitrogens is 2. The van der Waals surface area contributed by atoms with Gasteiger partial charge in [0.15, 0.2) is 0 Å². The molecular weight excluding hydrogens is 346 g/mol. The summed E-state index contributed by atoms with van der Waals surface area (Å²) in [6.45, 7) is 0.961. The van der Waals surface area contributed by atoms with Gasteiger partial charge in [-0.1, -0.05) is 17.7 Å². The van der Waals surface area contributed by atoms with E-state index in [1.807, 2.05) is 0 Å². The molecule has 0 bridgehead atoms. The second kappa shape index (κ2) is 7.67. The maximum absolute atomic E-state index is 12.4. The number of hydrogen-bond donors (Lipinski definition) is 2. The minimum atomic E-state index is -1.06. The number of nitrogens with one attached hydrogen (secondary N) is 1. The van der Waals surface area contributed by atoms with E-state index in [9.17, 15) is 14.7 Å². The van der Waals surface area contributed by atoms with Crippen molar-refractivity contribution in [1.29, 1.82) is 0 Å². The molecule has 7 nitrogen and oxygen atoms in total. The van der Waals surface area contributed by atoms with Crippen molar-refractivity contribution in [2.45, 2.75) is 18.9 Å².